The molecule has 0 saturated heterocycles. The number of fused-ring (bicyclic) bond motifs is 2. The van der Waals surface area contributed by atoms with Gasteiger partial charge in [-0.2, -0.15) is 13.2 Å². The van der Waals surface area contributed by atoms with Crippen LogP contribution < -0.4 is 15.0 Å². The molecule has 4 heterocycles. The summed E-state index contributed by atoms with van der Waals surface area (Å²) in [6.45, 7) is 1.29. The third kappa shape index (κ3) is 5.68. The highest BCUT2D eigenvalue weighted by Gasteiger charge is 2.38. The fourth-order valence-corrected chi connectivity index (χ4v) is 4.93. The smallest absolute Gasteiger partial charge is 0.453 e. The van der Waals surface area contributed by atoms with Gasteiger partial charge in [0.05, 0.1) is 18.8 Å². The highest BCUT2D eigenvalue weighted by molar-refractivity contribution is 6.02. The fourth-order valence-electron chi connectivity index (χ4n) is 4.93. The van der Waals surface area contributed by atoms with Gasteiger partial charge in [-0.05, 0) is 23.3 Å². The Bertz CT molecular complexity index is 1620. The number of benzene rings is 2. The van der Waals surface area contributed by atoms with Crippen molar-refractivity contribution >= 4 is 17.5 Å². The van der Waals surface area contributed by atoms with Crippen molar-refractivity contribution in [1.29, 1.82) is 0 Å². The number of aromatic amines is 1. The Morgan fingerprint density at radius 1 is 1.12 bits per heavy atom. The first-order valence-electron chi connectivity index (χ1n) is 13.2. The molecule has 15 heteroatoms. The van der Waals surface area contributed by atoms with E-state index < -0.39 is 23.9 Å². The van der Waals surface area contributed by atoms with Crippen molar-refractivity contribution < 1.29 is 27.5 Å². The lowest BCUT2D eigenvalue weighted by Gasteiger charge is -2.27. The zero-order chi connectivity index (χ0) is 29.4. The van der Waals surface area contributed by atoms with Crippen LogP contribution in [0.15, 0.2) is 48.5 Å². The number of H-pyrrole nitrogens is 1. The molecule has 2 aliphatic rings. The second-order valence-electron chi connectivity index (χ2n) is 10.1. The van der Waals surface area contributed by atoms with Gasteiger partial charge in [0.2, 0.25) is 5.82 Å². The molecule has 6 rings (SSSR count). The number of alkyl halides is 3. The van der Waals surface area contributed by atoms with E-state index in [0.29, 0.717) is 36.8 Å². The summed E-state index contributed by atoms with van der Waals surface area (Å²) in [6.07, 6.45) is -4.13. The van der Waals surface area contributed by atoms with Crippen molar-refractivity contribution in [2.24, 2.45) is 0 Å². The van der Waals surface area contributed by atoms with Gasteiger partial charge in [0.15, 0.2) is 0 Å². The Morgan fingerprint density at radius 3 is 2.71 bits per heavy atom. The molecule has 0 spiro atoms. The number of aromatic nitrogens is 6. The van der Waals surface area contributed by atoms with Crippen LogP contribution in [0.2, 0.25) is 0 Å². The zero-order valence-electron chi connectivity index (χ0n) is 22.4. The number of ether oxygens (including phenoxy) is 1. The van der Waals surface area contributed by atoms with Crippen molar-refractivity contribution in [3.05, 3.63) is 83.0 Å². The molecule has 0 unspecified atom stereocenters. The second-order valence-corrected chi connectivity index (χ2v) is 10.1. The summed E-state index contributed by atoms with van der Waals surface area (Å²) in [6, 6.07) is 14.0. The maximum Gasteiger partial charge on any atom is 0.453 e. The molecule has 1 atom stereocenters. The van der Waals surface area contributed by atoms with Gasteiger partial charge < -0.3 is 15.0 Å². The summed E-state index contributed by atoms with van der Waals surface area (Å²) in [4.78, 5) is 37.5. The molecule has 12 nitrogen and oxygen atoms in total. The number of hydrogen-bond donors (Lipinski definition) is 2. The lowest BCUT2D eigenvalue weighted by atomic mass is 10.1. The predicted octanol–water partition coefficient (Wildman–Crippen LogP) is 2.18. The summed E-state index contributed by atoms with van der Waals surface area (Å²) < 4.78 is 46.2. The van der Waals surface area contributed by atoms with Crippen molar-refractivity contribution in [3.63, 3.8) is 0 Å². The van der Waals surface area contributed by atoms with Gasteiger partial charge in [-0.1, -0.05) is 36.4 Å². The number of halogens is 3. The number of amides is 2. The van der Waals surface area contributed by atoms with Gasteiger partial charge in [-0.15, -0.1) is 10.2 Å². The molecule has 0 saturated carbocycles. The lowest BCUT2D eigenvalue weighted by Crippen LogP contribution is -2.49. The average molecular weight is 582 g/mol. The van der Waals surface area contributed by atoms with E-state index in [0.717, 1.165) is 11.1 Å². The molecule has 0 bridgehead atoms. The standard InChI is InChI=1S/C27H26F3N9O3/c1-37-19-11-17(13-38-9-10-39-22(14-38)33-26(36-39)27(28,29)30)7-8-20(19)42-15-18(25(37)41)31-24(40)23-32-21(34-35-23)12-16-5-3-2-4-6-16/h2-8,11,18H,9-10,12-15H2,1H3,(H,31,40)(H,32,34,35)/t18-/m0/s1. The molecule has 2 aliphatic heterocycles. The second kappa shape index (κ2) is 10.9. The maximum atomic E-state index is 13.3. The van der Waals surface area contributed by atoms with Crippen LogP contribution in [0.3, 0.4) is 0 Å². The van der Waals surface area contributed by atoms with Crippen LogP contribution in [0.1, 0.15) is 39.2 Å². The normalized spacial score (nSPS) is 17.3. The van der Waals surface area contributed by atoms with Crippen molar-refractivity contribution in [2.75, 3.05) is 25.1 Å². The topological polar surface area (TPSA) is 134 Å². The summed E-state index contributed by atoms with van der Waals surface area (Å²) in [5.41, 5.74) is 2.35. The first-order chi connectivity index (χ1) is 20.1. The van der Waals surface area contributed by atoms with Gasteiger partial charge in [-0.25, -0.2) is 14.6 Å². The Balaban J connectivity index is 1.10. The van der Waals surface area contributed by atoms with Gasteiger partial charge in [0.1, 0.15) is 30.0 Å². The molecule has 42 heavy (non-hydrogen) atoms. The average Bonchev–Trinajstić information content (AvgIpc) is 3.60. The number of nitrogens with zero attached hydrogens (tertiary/aromatic N) is 7. The van der Waals surface area contributed by atoms with Gasteiger partial charge in [0, 0.05) is 26.6 Å². The van der Waals surface area contributed by atoms with Crippen LogP contribution in [-0.4, -0.2) is 72.9 Å². The molecule has 2 N–H and O–H groups in total. The maximum absolute atomic E-state index is 13.3. The Kier molecular flexibility index (Phi) is 7.10. The Hall–Kier alpha value is -4.79. The van der Waals surface area contributed by atoms with Crippen LogP contribution in [0, 0.1) is 0 Å². The first kappa shape index (κ1) is 27.4. The van der Waals surface area contributed by atoms with Crippen LogP contribution >= 0.6 is 0 Å². The molecule has 0 fully saturated rings. The highest BCUT2D eigenvalue weighted by atomic mass is 19.4. The van der Waals surface area contributed by atoms with Crippen LogP contribution in [0.25, 0.3) is 0 Å². The number of likely N-dealkylation sites (N-methyl/N-ethyl adjacent to an activating group) is 1. The molecule has 0 radical (unpaired) electrons. The predicted molar refractivity (Wildman–Crippen MR) is 141 cm³/mol. The highest BCUT2D eigenvalue weighted by Crippen LogP contribution is 2.33. The largest absolute Gasteiger partial charge is 0.489 e. The van der Waals surface area contributed by atoms with E-state index >= 15 is 0 Å². The van der Waals surface area contributed by atoms with Crippen LogP contribution in [-0.2, 0) is 37.0 Å². The first-order valence-corrected chi connectivity index (χ1v) is 13.2. The molecule has 2 aromatic carbocycles. The van der Waals surface area contributed by atoms with E-state index in [2.05, 4.69) is 30.6 Å². The minimum atomic E-state index is -4.60. The van der Waals surface area contributed by atoms with Crippen LogP contribution in [0.5, 0.6) is 5.75 Å². The molecule has 4 aromatic rings. The van der Waals surface area contributed by atoms with E-state index in [-0.39, 0.29) is 37.3 Å². The SMILES string of the molecule is CN1C(=O)[C@@H](NC(=O)c2n[nH]c(Cc3ccccc3)n2)COc2ccc(CN3CCn4nc(C(F)(F)F)nc4C3)cc21. The molecule has 2 aromatic heterocycles. The number of carbonyl (C=O) groups is 2. The van der Waals surface area contributed by atoms with E-state index in [1.165, 1.54) is 9.58 Å². The van der Waals surface area contributed by atoms with E-state index in [4.69, 9.17) is 4.74 Å². The summed E-state index contributed by atoms with van der Waals surface area (Å²) in [7, 11) is 1.59. The van der Waals surface area contributed by atoms with Crippen molar-refractivity contribution in [3.8, 4) is 5.75 Å². The lowest BCUT2D eigenvalue weighted by molar-refractivity contribution is -0.145. The third-order valence-corrected chi connectivity index (χ3v) is 7.07. The number of rotatable bonds is 6. The minimum absolute atomic E-state index is 0.0832. The van der Waals surface area contributed by atoms with E-state index in [1.54, 1.807) is 19.2 Å². The fraction of sp³-hybridized carbons (Fsp3) is 0.333. The molecular weight excluding hydrogens is 555 g/mol. The molecule has 218 valence electrons. The Labute approximate surface area is 237 Å². The third-order valence-electron chi connectivity index (χ3n) is 7.07. The van der Waals surface area contributed by atoms with E-state index in [1.807, 2.05) is 41.3 Å². The monoisotopic (exact) mass is 581 g/mol. The number of carbonyl (C=O) groups excluding carboxylic acids is 2. The molecule has 0 aliphatic carbocycles. The van der Waals surface area contributed by atoms with Crippen molar-refractivity contribution in [2.45, 2.75) is 38.3 Å². The Morgan fingerprint density at radius 2 is 1.93 bits per heavy atom. The minimum Gasteiger partial charge on any atom is -0.489 e. The number of nitrogens with one attached hydrogen (secondary N) is 2. The quantitative estimate of drug-likeness (QED) is 0.354. The van der Waals surface area contributed by atoms with Gasteiger partial charge in [0.25, 0.3) is 17.6 Å². The van der Waals surface area contributed by atoms with Crippen molar-refractivity contribution in [1.82, 2.24) is 40.2 Å². The van der Waals surface area contributed by atoms with Crippen LogP contribution in [0.4, 0.5) is 18.9 Å². The summed E-state index contributed by atoms with van der Waals surface area (Å²) >= 11 is 0. The van der Waals surface area contributed by atoms with Gasteiger partial charge in [-0.3, -0.25) is 19.6 Å². The summed E-state index contributed by atoms with van der Waals surface area (Å²) in [5, 5.41) is 13.0. The molecular formula is C27H26F3N9O3. The summed E-state index contributed by atoms with van der Waals surface area (Å²) in [5.74, 6) is -0.997. The van der Waals surface area contributed by atoms with Gasteiger partial charge >= 0.3 is 6.18 Å². The van der Waals surface area contributed by atoms with E-state index in [9.17, 15) is 22.8 Å². The number of anilines is 1. The zero-order valence-corrected chi connectivity index (χ0v) is 22.4. The molecule has 2 amide bonds. The number of hydrogen-bond acceptors (Lipinski definition) is 8.